The summed E-state index contributed by atoms with van der Waals surface area (Å²) in [6, 6.07) is 7.15. The van der Waals surface area contributed by atoms with Crippen LogP contribution in [0.4, 0.5) is 5.69 Å². The Bertz CT molecular complexity index is 650. The normalized spacial score (nSPS) is 10.1. The molecule has 1 aromatic carbocycles. The molecule has 2 amide bonds. The Balaban J connectivity index is 1.88. The first kappa shape index (κ1) is 15.6. The number of nitrogens with one attached hydrogen (secondary N) is 2. The maximum absolute atomic E-state index is 11.9. The van der Waals surface area contributed by atoms with Crippen molar-refractivity contribution in [2.24, 2.45) is 0 Å². The number of hydrogen-bond acceptors (Lipinski definition) is 4. The smallest absolute Gasteiger partial charge is 0.313 e. The highest BCUT2D eigenvalue weighted by Crippen LogP contribution is 2.24. The molecule has 0 aliphatic rings. The second-order valence-electron chi connectivity index (χ2n) is 4.80. The van der Waals surface area contributed by atoms with Gasteiger partial charge in [0.25, 0.3) is 0 Å². The van der Waals surface area contributed by atoms with Gasteiger partial charge in [-0.05, 0) is 42.7 Å². The van der Waals surface area contributed by atoms with E-state index in [0.717, 1.165) is 11.1 Å². The number of amides is 2. The summed E-state index contributed by atoms with van der Waals surface area (Å²) in [6.45, 7) is 2.25. The molecule has 0 bridgehead atoms. The first-order valence-corrected chi connectivity index (χ1v) is 6.85. The van der Waals surface area contributed by atoms with Gasteiger partial charge in [-0.2, -0.15) is 0 Å². The Labute approximate surface area is 128 Å². The number of hydrogen-bond donors (Lipinski definition) is 2. The van der Waals surface area contributed by atoms with Gasteiger partial charge in [0.2, 0.25) is 0 Å². The largest absolute Gasteiger partial charge is 0.495 e. The van der Waals surface area contributed by atoms with E-state index < -0.39 is 11.8 Å². The van der Waals surface area contributed by atoms with Gasteiger partial charge in [0.05, 0.1) is 25.3 Å². The molecular weight excluding hydrogens is 284 g/mol. The quantitative estimate of drug-likeness (QED) is 0.827. The van der Waals surface area contributed by atoms with Crippen LogP contribution >= 0.6 is 0 Å². The molecule has 0 unspecified atom stereocenters. The number of carbonyl (C=O) groups excluding carboxylic acids is 2. The Morgan fingerprint density at radius 3 is 2.73 bits per heavy atom. The fourth-order valence-electron chi connectivity index (χ4n) is 1.93. The van der Waals surface area contributed by atoms with E-state index in [-0.39, 0.29) is 0 Å². The molecule has 2 N–H and O–H groups in total. The summed E-state index contributed by atoms with van der Waals surface area (Å²) in [6.07, 6.45) is 3.76. The first-order chi connectivity index (χ1) is 10.6. The van der Waals surface area contributed by atoms with Gasteiger partial charge in [0.15, 0.2) is 0 Å². The molecule has 2 rings (SSSR count). The third kappa shape index (κ3) is 4.12. The molecule has 0 aliphatic carbocycles. The maximum atomic E-state index is 11.9. The number of carbonyl (C=O) groups is 2. The van der Waals surface area contributed by atoms with Gasteiger partial charge in [0, 0.05) is 6.54 Å². The van der Waals surface area contributed by atoms with E-state index >= 15 is 0 Å². The van der Waals surface area contributed by atoms with Gasteiger partial charge < -0.3 is 19.8 Å². The van der Waals surface area contributed by atoms with Crippen LogP contribution in [0.25, 0.3) is 0 Å². The lowest BCUT2D eigenvalue weighted by Gasteiger charge is -2.11. The number of furan rings is 1. The van der Waals surface area contributed by atoms with E-state index in [1.807, 2.05) is 19.1 Å². The van der Waals surface area contributed by atoms with Crippen molar-refractivity contribution in [2.75, 3.05) is 19.0 Å². The lowest BCUT2D eigenvalue weighted by atomic mass is 10.2. The van der Waals surface area contributed by atoms with Crippen molar-refractivity contribution in [3.05, 3.63) is 47.9 Å². The average Bonchev–Trinajstić information content (AvgIpc) is 3.00. The molecule has 0 spiro atoms. The van der Waals surface area contributed by atoms with Gasteiger partial charge in [-0.15, -0.1) is 0 Å². The van der Waals surface area contributed by atoms with E-state index in [1.54, 1.807) is 24.7 Å². The van der Waals surface area contributed by atoms with E-state index in [4.69, 9.17) is 9.15 Å². The molecule has 2 aromatic rings. The van der Waals surface area contributed by atoms with Crippen LogP contribution in [0.2, 0.25) is 0 Å². The monoisotopic (exact) mass is 302 g/mol. The van der Waals surface area contributed by atoms with Crippen LogP contribution in [0.5, 0.6) is 5.75 Å². The van der Waals surface area contributed by atoms with Gasteiger partial charge in [-0.25, -0.2) is 0 Å². The van der Waals surface area contributed by atoms with E-state index in [2.05, 4.69) is 10.6 Å². The zero-order valence-electron chi connectivity index (χ0n) is 12.5. The Hall–Kier alpha value is -2.76. The van der Waals surface area contributed by atoms with Crippen molar-refractivity contribution in [3.63, 3.8) is 0 Å². The van der Waals surface area contributed by atoms with Gasteiger partial charge in [-0.1, -0.05) is 6.07 Å². The van der Waals surface area contributed by atoms with Gasteiger partial charge in [0.1, 0.15) is 5.75 Å². The number of rotatable bonds is 5. The summed E-state index contributed by atoms with van der Waals surface area (Å²) in [5.74, 6) is -0.909. The molecule has 1 aromatic heterocycles. The maximum Gasteiger partial charge on any atom is 0.313 e. The second kappa shape index (κ2) is 7.31. The molecule has 6 heteroatoms. The molecule has 0 aliphatic heterocycles. The summed E-state index contributed by atoms with van der Waals surface area (Å²) < 4.78 is 10.1. The molecule has 0 saturated carbocycles. The molecule has 1 heterocycles. The van der Waals surface area contributed by atoms with Crippen molar-refractivity contribution in [3.8, 4) is 5.75 Å². The third-order valence-electron chi connectivity index (χ3n) is 3.09. The fourth-order valence-corrected chi connectivity index (χ4v) is 1.93. The topological polar surface area (TPSA) is 80.6 Å². The zero-order chi connectivity index (χ0) is 15.9. The third-order valence-corrected chi connectivity index (χ3v) is 3.09. The summed E-state index contributed by atoms with van der Waals surface area (Å²) in [5, 5.41) is 5.11. The van der Waals surface area contributed by atoms with Crippen LogP contribution < -0.4 is 15.4 Å². The Morgan fingerprint density at radius 2 is 2.05 bits per heavy atom. The lowest BCUT2D eigenvalue weighted by Crippen LogP contribution is -2.36. The molecule has 0 fully saturated rings. The minimum absolute atomic E-state index is 0.358. The van der Waals surface area contributed by atoms with Crippen LogP contribution in [0.1, 0.15) is 11.1 Å². The van der Waals surface area contributed by atoms with E-state index in [0.29, 0.717) is 24.4 Å². The van der Waals surface area contributed by atoms with Crippen molar-refractivity contribution in [1.82, 2.24) is 5.32 Å². The van der Waals surface area contributed by atoms with Crippen molar-refractivity contribution in [1.29, 1.82) is 0 Å². The molecule has 0 radical (unpaired) electrons. The summed E-state index contributed by atoms with van der Waals surface area (Å²) in [5.41, 5.74) is 2.38. The van der Waals surface area contributed by atoms with Crippen molar-refractivity contribution >= 4 is 17.5 Å². The molecule has 0 saturated heterocycles. The summed E-state index contributed by atoms with van der Waals surface area (Å²) in [4.78, 5) is 23.7. The summed E-state index contributed by atoms with van der Waals surface area (Å²) in [7, 11) is 1.51. The highest BCUT2D eigenvalue weighted by atomic mass is 16.5. The predicted molar refractivity (Wildman–Crippen MR) is 81.8 cm³/mol. The van der Waals surface area contributed by atoms with Crippen molar-refractivity contribution in [2.45, 2.75) is 13.3 Å². The highest BCUT2D eigenvalue weighted by molar-refractivity contribution is 6.39. The fraction of sp³-hybridized carbons (Fsp3) is 0.250. The van der Waals surface area contributed by atoms with Crippen LogP contribution in [0.15, 0.2) is 41.2 Å². The minimum atomic E-state index is -0.726. The predicted octanol–water partition coefficient (Wildman–Crippen LogP) is 1.89. The van der Waals surface area contributed by atoms with Gasteiger partial charge >= 0.3 is 11.8 Å². The van der Waals surface area contributed by atoms with E-state index in [9.17, 15) is 9.59 Å². The summed E-state index contributed by atoms with van der Waals surface area (Å²) >= 11 is 0. The Morgan fingerprint density at radius 1 is 1.23 bits per heavy atom. The minimum Gasteiger partial charge on any atom is -0.495 e. The molecule has 22 heavy (non-hydrogen) atoms. The zero-order valence-corrected chi connectivity index (χ0v) is 12.5. The SMILES string of the molecule is COc1ccc(C)cc1NC(=O)C(=O)NCCc1ccoc1. The van der Waals surface area contributed by atoms with Crippen LogP contribution in [-0.2, 0) is 16.0 Å². The first-order valence-electron chi connectivity index (χ1n) is 6.85. The van der Waals surface area contributed by atoms with E-state index in [1.165, 1.54) is 7.11 Å². The van der Waals surface area contributed by atoms with Crippen LogP contribution in [-0.4, -0.2) is 25.5 Å². The van der Waals surface area contributed by atoms with Crippen LogP contribution in [0, 0.1) is 6.92 Å². The number of anilines is 1. The standard InChI is InChI=1S/C16H18N2O4/c1-11-3-4-14(21-2)13(9-11)18-16(20)15(19)17-7-5-12-6-8-22-10-12/h3-4,6,8-10H,5,7H2,1-2H3,(H,17,19)(H,18,20). The van der Waals surface area contributed by atoms with Crippen LogP contribution in [0.3, 0.4) is 0 Å². The van der Waals surface area contributed by atoms with Crippen molar-refractivity contribution < 1.29 is 18.7 Å². The van der Waals surface area contributed by atoms with Gasteiger partial charge in [-0.3, -0.25) is 9.59 Å². The number of ether oxygens (including phenoxy) is 1. The lowest BCUT2D eigenvalue weighted by molar-refractivity contribution is -0.136. The average molecular weight is 302 g/mol. The molecule has 116 valence electrons. The highest BCUT2D eigenvalue weighted by Gasteiger charge is 2.15. The molecular formula is C16H18N2O4. The molecule has 6 nitrogen and oxygen atoms in total. The Kier molecular flexibility index (Phi) is 5.19. The number of aryl methyl sites for hydroxylation is 1. The second-order valence-corrected chi connectivity index (χ2v) is 4.80. The molecule has 0 atom stereocenters. The number of benzene rings is 1. The number of methoxy groups -OCH3 is 1.